The van der Waals surface area contributed by atoms with Crippen molar-refractivity contribution in [2.45, 2.75) is 0 Å². The van der Waals surface area contributed by atoms with E-state index in [4.69, 9.17) is 15.0 Å². The maximum absolute atomic E-state index is 5.11. The van der Waals surface area contributed by atoms with Gasteiger partial charge in [0, 0.05) is 55.8 Å². The van der Waals surface area contributed by atoms with Gasteiger partial charge in [-0.05, 0) is 54.6 Å². The molecule has 0 unspecified atom stereocenters. The van der Waals surface area contributed by atoms with Crippen molar-refractivity contribution >= 4 is 43.6 Å². The van der Waals surface area contributed by atoms with E-state index in [1.165, 1.54) is 21.8 Å². The first kappa shape index (κ1) is 31.8. The lowest BCUT2D eigenvalue weighted by Crippen LogP contribution is -1.99. The minimum absolute atomic E-state index is 0.574. The molecule has 7 aromatic carbocycles. The van der Waals surface area contributed by atoms with Gasteiger partial charge in [0.05, 0.1) is 44.7 Å². The van der Waals surface area contributed by atoms with Gasteiger partial charge in [0.15, 0.2) is 5.82 Å². The minimum atomic E-state index is 0.574. The third-order valence-electron chi connectivity index (χ3n) is 10.7. The number of nitrogens with zero attached hydrogens (tertiary/aromatic N) is 6. The molecule has 0 N–H and O–H groups in total. The molecule has 6 nitrogen and oxygen atoms in total. The largest absolute Gasteiger partial charge is 0.309 e. The van der Waals surface area contributed by atoms with Crippen molar-refractivity contribution in [2.75, 3.05) is 0 Å². The highest BCUT2D eigenvalue weighted by atomic mass is 15.0. The van der Waals surface area contributed by atoms with Crippen LogP contribution in [-0.2, 0) is 0 Å². The van der Waals surface area contributed by atoms with E-state index >= 15 is 0 Å². The molecular formula is C50H32N6. The third kappa shape index (κ3) is 5.19. The predicted octanol–water partition coefficient (Wildman–Crippen LogP) is 12.1. The lowest BCUT2D eigenvalue weighted by atomic mass is 10.0. The van der Waals surface area contributed by atoms with Crippen LogP contribution in [0.1, 0.15) is 0 Å². The Morgan fingerprint density at radius 1 is 0.375 bits per heavy atom. The van der Waals surface area contributed by atoms with Gasteiger partial charge in [-0.15, -0.1) is 0 Å². The lowest BCUT2D eigenvalue weighted by Gasteiger charge is -2.13. The summed E-state index contributed by atoms with van der Waals surface area (Å²) in [5.41, 5.74) is 13.0. The van der Waals surface area contributed by atoms with Crippen LogP contribution < -0.4 is 0 Å². The standard InChI is InChI=1S/C50H32N6/c1-3-14-33(15-4-1)43-30-44(34-16-5-2-6-17-34)54-50(53-43)42-31-51-32-52-49(42)35-26-27-48-41(28-35)40-22-9-12-25-47(40)56(48)37-19-13-18-36(29-37)55-45-23-10-7-20-38(45)39-21-8-11-24-46(39)55/h1-32H. The fourth-order valence-corrected chi connectivity index (χ4v) is 8.17. The zero-order valence-corrected chi connectivity index (χ0v) is 30.2. The molecule has 0 radical (unpaired) electrons. The van der Waals surface area contributed by atoms with Crippen molar-refractivity contribution in [1.82, 2.24) is 29.1 Å². The van der Waals surface area contributed by atoms with E-state index in [-0.39, 0.29) is 0 Å². The number of hydrogen-bond donors (Lipinski definition) is 0. The molecule has 0 saturated carbocycles. The van der Waals surface area contributed by atoms with Crippen LogP contribution in [0.3, 0.4) is 0 Å². The summed E-state index contributed by atoms with van der Waals surface area (Å²) >= 11 is 0. The average molecular weight is 717 g/mol. The van der Waals surface area contributed by atoms with Gasteiger partial charge in [0.1, 0.15) is 6.33 Å². The number of rotatable bonds is 6. The molecule has 0 atom stereocenters. The van der Waals surface area contributed by atoms with Crippen molar-refractivity contribution in [1.29, 1.82) is 0 Å². The maximum Gasteiger partial charge on any atom is 0.164 e. The summed E-state index contributed by atoms with van der Waals surface area (Å²) in [7, 11) is 0. The van der Waals surface area contributed by atoms with Gasteiger partial charge in [0.2, 0.25) is 0 Å². The molecular weight excluding hydrogens is 685 g/mol. The Bertz CT molecular complexity index is 3140. The molecule has 0 amide bonds. The van der Waals surface area contributed by atoms with Crippen LogP contribution in [0.15, 0.2) is 195 Å². The van der Waals surface area contributed by atoms with Gasteiger partial charge in [-0.25, -0.2) is 19.9 Å². The summed E-state index contributed by atoms with van der Waals surface area (Å²) in [6.45, 7) is 0. The van der Waals surface area contributed by atoms with Crippen LogP contribution in [0.5, 0.6) is 0 Å². The fourth-order valence-electron chi connectivity index (χ4n) is 8.17. The van der Waals surface area contributed by atoms with E-state index in [2.05, 4.69) is 160 Å². The second kappa shape index (κ2) is 13.0. The van der Waals surface area contributed by atoms with Crippen LogP contribution in [0, 0.1) is 0 Å². The highest BCUT2D eigenvalue weighted by Crippen LogP contribution is 2.38. The van der Waals surface area contributed by atoms with Gasteiger partial charge in [-0.3, -0.25) is 0 Å². The molecule has 0 bridgehead atoms. The molecule has 6 heteroatoms. The normalized spacial score (nSPS) is 11.6. The Morgan fingerprint density at radius 3 is 1.45 bits per heavy atom. The van der Waals surface area contributed by atoms with Gasteiger partial charge < -0.3 is 9.13 Å². The van der Waals surface area contributed by atoms with Gasteiger partial charge in [-0.1, -0.05) is 127 Å². The molecule has 0 aliphatic rings. The zero-order valence-electron chi connectivity index (χ0n) is 30.2. The van der Waals surface area contributed by atoms with Crippen LogP contribution >= 0.6 is 0 Å². The summed E-state index contributed by atoms with van der Waals surface area (Å²) in [4.78, 5) is 19.6. The third-order valence-corrected chi connectivity index (χ3v) is 10.7. The van der Waals surface area contributed by atoms with E-state index in [1.54, 1.807) is 6.33 Å². The Labute approximate surface area is 322 Å². The molecule has 262 valence electrons. The maximum atomic E-state index is 5.11. The van der Waals surface area contributed by atoms with Crippen LogP contribution in [0.4, 0.5) is 0 Å². The highest BCUT2D eigenvalue weighted by Gasteiger charge is 2.19. The quantitative estimate of drug-likeness (QED) is 0.172. The Kier molecular flexibility index (Phi) is 7.38. The predicted molar refractivity (Wildman–Crippen MR) is 228 cm³/mol. The van der Waals surface area contributed by atoms with E-state index < -0.39 is 0 Å². The number of para-hydroxylation sites is 3. The van der Waals surface area contributed by atoms with Crippen molar-refractivity contribution < 1.29 is 0 Å². The van der Waals surface area contributed by atoms with Crippen molar-refractivity contribution in [3.8, 4) is 56.5 Å². The second-order valence-corrected chi connectivity index (χ2v) is 14.0. The number of aromatic nitrogens is 6. The van der Waals surface area contributed by atoms with Crippen LogP contribution in [-0.4, -0.2) is 29.1 Å². The van der Waals surface area contributed by atoms with Gasteiger partial charge >= 0.3 is 0 Å². The average Bonchev–Trinajstić information content (AvgIpc) is 3.80. The number of hydrogen-bond acceptors (Lipinski definition) is 4. The fraction of sp³-hybridized carbons (Fsp3) is 0. The SMILES string of the molecule is c1ccc(-c2cc(-c3ccccc3)nc(-c3cncnc3-c3ccc4c(c3)c3ccccc3n4-c3cccc(-n4c5ccccc5c5ccccc54)c3)n2)cc1. The summed E-state index contributed by atoms with van der Waals surface area (Å²) in [6.07, 6.45) is 3.43. The number of fused-ring (bicyclic) bond motifs is 6. The topological polar surface area (TPSA) is 61.4 Å². The summed E-state index contributed by atoms with van der Waals surface area (Å²) < 4.78 is 4.74. The first-order valence-corrected chi connectivity index (χ1v) is 18.7. The second-order valence-electron chi connectivity index (χ2n) is 14.0. The molecule has 0 saturated heterocycles. The highest BCUT2D eigenvalue weighted by molar-refractivity contribution is 6.11. The molecule has 0 aliphatic carbocycles. The first-order valence-electron chi connectivity index (χ1n) is 18.7. The van der Waals surface area contributed by atoms with Crippen molar-refractivity contribution in [3.63, 3.8) is 0 Å². The monoisotopic (exact) mass is 716 g/mol. The Morgan fingerprint density at radius 2 is 0.875 bits per heavy atom. The minimum Gasteiger partial charge on any atom is -0.309 e. The zero-order chi connectivity index (χ0) is 37.0. The molecule has 56 heavy (non-hydrogen) atoms. The van der Waals surface area contributed by atoms with E-state index in [9.17, 15) is 0 Å². The van der Waals surface area contributed by atoms with E-state index in [1.807, 2.05) is 42.6 Å². The lowest BCUT2D eigenvalue weighted by molar-refractivity contribution is 1.13. The smallest absolute Gasteiger partial charge is 0.164 e. The molecule has 11 aromatic rings. The molecule has 4 heterocycles. The van der Waals surface area contributed by atoms with E-state index in [0.717, 1.165) is 72.5 Å². The van der Waals surface area contributed by atoms with Gasteiger partial charge in [-0.2, -0.15) is 0 Å². The summed E-state index contributed by atoms with van der Waals surface area (Å²) in [5, 5.41) is 4.79. The van der Waals surface area contributed by atoms with Crippen molar-refractivity contribution in [3.05, 3.63) is 195 Å². The van der Waals surface area contributed by atoms with Crippen LogP contribution in [0.25, 0.3) is 100 Å². The molecule has 0 fully saturated rings. The first-order chi connectivity index (χ1) is 27.8. The molecule has 0 spiro atoms. The Balaban J connectivity index is 1.07. The molecule has 11 rings (SSSR count). The number of benzene rings is 7. The summed E-state index contributed by atoms with van der Waals surface area (Å²) in [6, 6.07) is 63.9. The molecule has 4 aromatic heterocycles. The van der Waals surface area contributed by atoms with Gasteiger partial charge in [0.25, 0.3) is 0 Å². The van der Waals surface area contributed by atoms with Crippen LogP contribution in [0.2, 0.25) is 0 Å². The van der Waals surface area contributed by atoms with Crippen molar-refractivity contribution in [2.24, 2.45) is 0 Å². The summed E-state index contributed by atoms with van der Waals surface area (Å²) in [5.74, 6) is 0.574. The van der Waals surface area contributed by atoms with E-state index in [0.29, 0.717) is 5.82 Å². The Hall–Kier alpha value is -7.70. The molecule has 0 aliphatic heterocycles.